The molecule has 0 fully saturated rings. The Labute approximate surface area is 112 Å². The summed E-state index contributed by atoms with van der Waals surface area (Å²) in [6, 6.07) is 3.70. The average molecular weight is 253 g/mol. The highest BCUT2D eigenvalue weighted by molar-refractivity contribution is 5.71. The normalized spacial score (nSPS) is 11.2. The third-order valence-corrected chi connectivity index (χ3v) is 2.41. The fourth-order valence-corrected chi connectivity index (χ4v) is 1.44. The van der Waals surface area contributed by atoms with Gasteiger partial charge in [0.15, 0.2) is 0 Å². The van der Waals surface area contributed by atoms with Gasteiger partial charge in [-0.05, 0) is 26.0 Å². The molecule has 2 aromatic rings. The maximum absolute atomic E-state index is 5.23. The van der Waals surface area contributed by atoms with Crippen molar-refractivity contribution in [1.82, 2.24) is 15.1 Å². The summed E-state index contributed by atoms with van der Waals surface area (Å²) in [5.74, 6) is 0.972. The van der Waals surface area contributed by atoms with Crippen LogP contribution in [0.4, 0.5) is 0 Å². The molecule has 0 bridgehead atoms. The molecule has 0 aliphatic heterocycles. The van der Waals surface area contributed by atoms with E-state index in [4.69, 9.17) is 4.52 Å². The van der Waals surface area contributed by atoms with Crippen LogP contribution < -0.4 is 0 Å². The van der Waals surface area contributed by atoms with Gasteiger partial charge in [0.2, 0.25) is 5.82 Å². The van der Waals surface area contributed by atoms with E-state index in [1.807, 2.05) is 38.1 Å². The third kappa shape index (κ3) is 3.25. The molecular weight excluding hydrogens is 238 g/mol. The van der Waals surface area contributed by atoms with Gasteiger partial charge in [-0.1, -0.05) is 35.5 Å². The van der Waals surface area contributed by atoms with Crippen molar-refractivity contribution in [1.29, 1.82) is 0 Å². The molecule has 96 valence electrons. The number of rotatable bonds is 4. The first-order chi connectivity index (χ1) is 9.20. The number of nitrogens with zero attached hydrogens (tertiary/aromatic N) is 3. The minimum absolute atomic E-state index is 0.452. The standard InChI is InChI=1S/C15H15N3O/c1-4-12(8-7-11(2)3)14-17-15(19-18-14)13-6-5-9-16-10-13/h4-10H,1H2,2-3H3/b12-8+. The lowest BCUT2D eigenvalue weighted by Gasteiger charge is -1.92. The van der Waals surface area contributed by atoms with Gasteiger partial charge in [0.1, 0.15) is 0 Å². The predicted molar refractivity (Wildman–Crippen MR) is 75.1 cm³/mol. The van der Waals surface area contributed by atoms with Crippen LogP contribution in [0, 0.1) is 0 Å². The molecule has 4 heteroatoms. The molecule has 0 unspecified atom stereocenters. The average Bonchev–Trinajstić information content (AvgIpc) is 2.90. The first-order valence-corrected chi connectivity index (χ1v) is 5.93. The summed E-state index contributed by atoms with van der Waals surface area (Å²) in [7, 11) is 0. The number of aromatic nitrogens is 3. The quantitative estimate of drug-likeness (QED) is 0.780. The second-order valence-electron chi connectivity index (χ2n) is 4.23. The Morgan fingerprint density at radius 1 is 1.32 bits per heavy atom. The molecule has 2 aromatic heterocycles. The highest BCUT2D eigenvalue weighted by Crippen LogP contribution is 2.19. The van der Waals surface area contributed by atoms with E-state index >= 15 is 0 Å². The molecule has 2 rings (SSSR count). The van der Waals surface area contributed by atoms with E-state index in [1.54, 1.807) is 18.5 Å². The van der Waals surface area contributed by atoms with Crippen LogP contribution in [-0.2, 0) is 0 Å². The first-order valence-electron chi connectivity index (χ1n) is 5.93. The fraction of sp³-hybridized carbons (Fsp3) is 0.133. The molecule has 0 aliphatic carbocycles. The van der Waals surface area contributed by atoms with Crippen molar-refractivity contribution in [3.05, 3.63) is 60.7 Å². The van der Waals surface area contributed by atoms with E-state index in [1.165, 1.54) is 5.57 Å². The van der Waals surface area contributed by atoms with Gasteiger partial charge in [0, 0.05) is 18.0 Å². The molecule has 0 saturated carbocycles. The minimum atomic E-state index is 0.452. The zero-order chi connectivity index (χ0) is 13.7. The number of pyridine rings is 1. The molecule has 19 heavy (non-hydrogen) atoms. The van der Waals surface area contributed by atoms with Crippen LogP contribution in [0.2, 0.25) is 0 Å². The Balaban J connectivity index is 2.33. The van der Waals surface area contributed by atoms with Crippen LogP contribution in [0.15, 0.2) is 59.4 Å². The van der Waals surface area contributed by atoms with Crippen molar-refractivity contribution in [2.24, 2.45) is 0 Å². The molecule has 0 atom stereocenters. The molecule has 4 nitrogen and oxygen atoms in total. The van der Waals surface area contributed by atoms with E-state index in [-0.39, 0.29) is 0 Å². The molecule has 0 amide bonds. The third-order valence-electron chi connectivity index (χ3n) is 2.41. The Morgan fingerprint density at radius 3 is 2.79 bits per heavy atom. The van der Waals surface area contributed by atoms with Crippen molar-refractivity contribution in [3.63, 3.8) is 0 Å². The lowest BCUT2D eigenvalue weighted by atomic mass is 10.2. The lowest BCUT2D eigenvalue weighted by Crippen LogP contribution is -1.84. The highest BCUT2D eigenvalue weighted by atomic mass is 16.5. The lowest BCUT2D eigenvalue weighted by molar-refractivity contribution is 0.428. The van der Waals surface area contributed by atoms with Crippen molar-refractivity contribution in [3.8, 4) is 11.5 Å². The van der Waals surface area contributed by atoms with E-state index in [0.29, 0.717) is 11.7 Å². The zero-order valence-electron chi connectivity index (χ0n) is 11.0. The largest absolute Gasteiger partial charge is 0.334 e. The molecule has 0 spiro atoms. The maximum atomic E-state index is 5.23. The summed E-state index contributed by atoms with van der Waals surface area (Å²) in [5, 5.41) is 3.96. The summed E-state index contributed by atoms with van der Waals surface area (Å²) in [5.41, 5.74) is 2.81. The monoisotopic (exact) mass is 253 g/mol. The summed E-state index contributed by atoms with van der Waals surface area (Å²) in [6.07, 6.45) is 8.99. The van der Waals surface area contributed by atoms with Crippen molar-refractivity contribution in [2.45, 2.75) is 13.8 Å². The topological polar surface area (TPSA) is 51.8 Å². The molecule has 0 radical (unpaired) electrons. The van der Waals surface area contributed by atoms with Gasteiger partial charge in [-0.3, -0.25) is 4.98 Å². The van der Waals surface area contributed by atoms with Crippen LogP contribution in [0.3, 0.4) is 0 Å². The molecule has 0 saturated heterocycles. The second kappa shape index (κ2) is 5.91. The van der Waals surface area contributed by atoms with Gasteiger partial charge in [0.05, 0.1) is 5.56 Å². The van der Waals surface area contributed by atoms with Crippen LogP contribution in [0.25, 0.3) is 17.0 Å². The van der Waals surface area contributed by atoms with Crippen molar-refractivity contribution < 1.29 is 4.52 Å². The Kier molecular flexibility index (Phi) is 4.03. The van der Waals surface area contributed by atoms with Crippen LogP contribution in [0.5, 0.6) is 0 Å². The fourth-order valence-electron chi connectivity index (χ4n) is 1.44. The van der Waals surface area contributed by atoms with E-state index in [0.717, 1.165) is 11.1 Å². The summed E-state index contributed by atoms with van der Waals surface area (Å²) in [4.78, 5) is 8.37. The minimum Gasteiger partial charge on any atom is -0.334 e. The van der Waals surface area contributed by atoms with Crippen molar-refractivity contribution >= 4 is 5.57 Å². The molecular formula is C15H15N3O. The highest BCUT2D eigenvalue weighted by Gasteiger charge is 2.10. The van der Waals surface area contributed by atoms with Gasteiger partial charge >= 0.3 is 0 Å². The molecule has 0 aliphatic rings. The Hall–Kier alpha value is -2.49. The summed E-state index contributed by atoms with van der Waals surface area (Å²) in [6.45, 7) is 7.81. The van der Waals surface area contributed by atoms with Crippen LogP contribution in [-0.4, -0.2) is 15.1 Å². The predicted octanol–water partition coefficient (Wildman–Crippen LogP) is 3.67. The second-order valence-corrected chi connectivity index (χ2v) is 4.23. The summed E-state index contributed by atoms with van der Waals surface area (Å²) < 4.78 is 5.23. The van der Waals surface area contributed by atoms with E-state index in [2.05, 4.69) is 21.7 Å². The number of allylic oxidation sites excluding steroid dienone is 5. The molecule has 0 aromatic carbocycles. The van der Waals surface area contributed by atoms with Crippen LogP contribution >= 0.6 is 0 Å². The van der Waals surface area contributed by atoms with E-state index in [9.17, 15) is 0 Å². The van der Waals surface area contributed by atoms with Gasteiger partial charge < -0.3 is 4.52 Å². The Morgan fingerprint density at radius 2 is 2.16 bits per heavy atom. The van der Waals surface area contributed by atoms with E-state index < -0.39 is 0 Å². The number of hydrogen-bond acceptors (Lipinski definition) is 4. The molecule has 0 N–H and O–H groups in total. The molecule has 2 heterocycles. The maximum Gasteiger partial charge on any atom is 0.259 e. The van der Waals surface area contributed by atoms with Gasteiger partial charge in [0.25, 0.3) is 5.89 Å². The van der Waals surface area contributed by atoms with Gasteiger partial charge in [-0.2, -0.15) is 4.98 Å². The van der Waals surface area contributed by atoms with Crippen LogP contribution in [0.1, 0.15) is 19.7 Å². The first kappa shape index (κ1) is 13.0. The summed E-state index contributed by atoms with van der Waals surface area (Å²) >= 11 is 0. The Bertz CT molecular complexity index is 620. The smallest absolute Gasteiger partial charge is 0.259 e. The van der Waals surface area contributed by atoms with Gasteiger partial charge in [-0.25, -0.2) is 0 Å². The van der Waals surface area contributed by atoms with Gasteiger partial charge in [-0.15, -0.1) is 0 Å². The SMILES string of the molecule is C=C/C(=C\C=C(C)C)c1noc(-c2cccnc2)n1. The van der Waals surface area contributed by atoms with Crippen molar-refractivity contribution in [2.75, 3.05) is 0 Å². The number of hydrogen-bond donors (Lipinski definition) is 0. The zero-order valence-corrected chi connectivity index (χ0v) is 11.0.